The summed E-state index contributed by atoms with van der Waals surface area (Å²) in [6.45, 7) is 1.66. The lowest BCUT2D eigenvalue weighted by atomic mass is 9.84. The topological polar surface area (TPSA) is 64.4 Å². The van der Waals surface area contributed by atoms with E-state index in [-0.39, 0.29) is 0 Å². The number of rotatable bonds is 7. The molecule has 1 aliphatic heterocycles. The normalized spacial score (nSPS) is 17.6. The number of fused-ring (bicyclic) bond motifs is 1. The summed E-state index contributed by atoms with van der Waals surface area (Å²) in [6, 6.07) is 17.7. The fourth-order valence-corrected chi connectivity index (χ4v) is 6.71. The van der Waals surface area contributed by atoms with Gasteiger partial charge in [-0.1, -0.05) is 61.7 Å². The van der Waals surface area contributed by atoms with Crippen molar-refractivity contribution in [1.82, 2.24) is 14.1 Å². The second-order valence-electron chi connectivity index (χ2n) is 9.47. The Morgan fingerprint density at radius 1 is 0.971 bits per heavy atom. The van der Waals surface area contributed by atoms with E-state index < -0.39 is 10.0 Å². The zero-order valence-electron chi connectivity index (χ0n) is 19.8. The molecule has 0 radical (unpaired) electrons. The number of benzene rings is 2. The van der Waals surface area contributed by atoms with Gasteiger partial charge in [0.1, 0.15) is 0 Å². The number of ether oxygens (including phenoxy) is 1. The maximum absolute atomic E-state index is 13.5. The van der Waals surface area contributed by atoms with Crippen LogP contribution < -0.4 is 0 Å². The molecule has 2 heterocycles. The SMILES string of the molecule is Cn1nc(COCc2ccccc2)c2c1CCN(S(=O)(=O)c1ccc(C3CCCCC3)cc1)C2. The van der Waals surface area contributed by atoms with Crippen LogP contribution in [0.1, 0.15) is 66.1 Å². The van der Waals surface area contributed by atoms with Crippen LogP contribution in [-0.2, 0) is 48.0 Å². The van der Waals surface area contributed by atoms with Crippen molar-refractivity contribution in [2.24, 2.45) is 7.05 Å². The lowest BCUT2D eigenvalue weighted by molar-refractivity contribution is 0.103. The molecule has 1 aromatic heterocycles. The van der Waals surface area contributed by atoms with Gasteiger partial charge in [-0.15, -0.1) is 0 Å². The number of sulfonamides is 1. The van der Waals surface area contributed by atoms with Crippen molar-refractivity contribution in [2.45, 2.75) is 69.1 Å². The minimum absolute atomic E-state index is 0.333. The molecule has 6 nitrogen and oxygen atoms in total. The largest absolute Gasteiger partial charge is 0.370 e. The molecule has 2 aliphatic rings. The third-order valence-corrected chi connectivity index (χ3v) is 9.09. The van der Waals surface area contributed by atoms with Gasteiger partial charge < -0.3 is 4.74 Å². The van der Waals surface area contributed by atoms with Gasteiger partial charge in [0.25, 0.3) is 0 Å². The summed E-state index contributed by atoms with van der Waals surface area (Å²) in [5.74, 6) is 0.567. The molecular formula is C27H33N3O3S. The molecule has 0 N–H and O–H groups in total. The van der Waals surface area contributed by atoms with Crippen LogP contribution in [0, 0.1) is 0 Å². The highest BCUT2D eigenvalue weighted by Crippen LogP contribution is 2.34. The molecule has 1 aliphatic carbocycles. The van der Waals surface area contributed by atoms with Crippen LogP contribution in [0.25, 0.3) is 0 Å². The lowest BCUT2D eigenvalue weighted by Crippen LogP contribution is -2.36. The number of nitrogens with zero attached hydrogens (tertiary/aromatic N) is 3. The molecule has 1 saturated carbocycles. The molecule has 0 amide bonds. The van der Waals surface area contributed by atoms with Crippen LogP contribution in [0.15, 0.2) is 59.5 Å². The molecule has 0 saturated heterocycles. The van der Waals surface area contributed by atoms with Crippen LogP contribution in [0.5, 0.6) is 0 Å². The van der Waals surface area contributed by atoms with E-state index >= 15 is 0 Å². The maximum atomic E-state index is 13.5. The zero-order valence-corrected chi connectivity index (χ0v) is 20.6. The van der Waals surface area contributed by atoms with Gasteiger partial charge in [-0.25, -0.2) is 8.42 Å². The number of aryl methyl sites for hydroxylation is 1. The van der Waals surface area contributed by atoms with Gasteiger partial charge in [-0.3, -0.25) is 4.68 Å². The maximum Gasteiger partial charge on any atom is 0.243 e. The monoisotopic (exact) mass is 479 g/mol. The zero-order chi connectivity index (χ0) is 23.5. The average Bonchev–Trinajstić information content (AvgIpc) is 3.20. The van der Waals surface area contributed by atoms with E-state index in [4.69, 9.17) is 4.74 Å². The average molecular weight is 480 g/mol. The predicted octanol–water partition coefficient (Wildman–Crippen LogP) is 4.93. The Morgan fingerprint density at radius 3 is 2.44 bits per heavy atom. The van der Waals surface area contributed by atoms with E-state index in [2.05, 4.69) is 5.10 Å². The van der Waals surface area contributed by atoms with Crippen LogP contribution in [0.2, 0.25) is 0 Å². The quantitative estimate of drug-likeness (QED) is 0.482. The van der Waals surface area contributed by atoms with Crippen molar-refractivity contribution in [3.8, 4) is 0 Å². The fraction of sp³-hybridized carbons (Fsp3) is 0.444. The minimum Gasteiger partial charge on any atom is -0.370 e. The van der Waals surface area contributed by atoms with Gasteiger partial charge in [0.15, 0.2) is 0 Å². The summed E-state index contributed by atoms with van der Waals surface area (Å²) < 4.78 is 36.3. The highest BCUT2D eigenvalue weighted by atomic mass is 32.2. The summed E-state index contributed by atoms with van der Waals surface area (Å²) in [6.07, 6.45) is 6.91. The predicted molar refractivity (Wildman–Crippen MR) is 132 cm³/mol. The van der Waals surface area contributed by atoms with Gasteiger partial charge in [-0.2, -0.15) is 9.40 Å². The second kappa shape index (κ2) is 10.0. The van der Waals surface area contributed by atoms with E-state index in [9.17, 15) is 8.42 Å². The molecule has 180 valence electrons. The van der Waals surface area contributed by atoms with Crippen molar-refractivity contribution in [2.75, 3.05) is 6.54 Å². The molecule has 5 rings (SSSR count). The standard InChI is InChI=1S/C27H33N3O3S/c1-29-27-16-17-30(18-25(27)26(28-29)20-33-19-21-8-4-2-5-9-21)34(31,32)24-14-12-23(13-15-24)22-10-6-3-7-11-22/h2,4-5,8-9,12-15,22H,3,6-7,10-11,16-20H2,1H3. The molecular weight excluding hydrogens is 446 g/mol. The first-order valence-electron chi connectivity index (χ1n) is 12.3. The van der Waals surface area contributed by atoms with Crippen molar-refractivity contribution < 1.29 is 13.2 Å². The van der Waals surface area contributed by atoms with Gasteiger partial charge in [0, 0.05) is 37.8 Å². The van der Waals surface area contributed by atoms with Gasteiger partial charge in [0.05, 0.1) is 23.8 Å². The van der Waals surface area contributed by atoms with E-state index in [0.29, 0.717) is 43.5 Å². The highest BCUT2D eigenvalue weighted by molar-refractivity contribution is 7.89. The minimum atomic E-state index is -3.57. The Bertz CT molecular complexity index is 1210. The molecule has 0 bridgehead atoms. The number of aromatic nitrogens is 2. The first-order valence-corrected chi connectivity index (χ1v) is 13.7. The van der Waals surface area contributed by atoms with Crippen molar-refractivity contribution in [3.63, 3.8) is 0 Å². The summed E-state index contributed by atoms with van der Waals surface area (Å²) in [4.78, 5) is 0.376. The molecule has 0 spiro atoms. The van der Waals surface area contributed by atoms with E-state index in [1.165, 1.54) is 37.7 Å². The third kappa shape index (κ3) is 4.83. The van der Waals surface area contributed by atoms with Crippen LogP contribution >= 0.6 is 0 Å². The van der Waals surface area contributed by atoms with Crippen molar-refractivity contribution >= 4 is 10.0 Å². The van der Waals surface area contributed by atoms with Crippen molar-refractivity contribution in [1.29, 1.82) is 0 Å². The third-order valence-electron chi connectivity index (χ3n) is 7.24. The molecule has 2 aromatic carbocycles. The van der Waals surface area contributed by atoms with E-state index in [1.807, 2.05) is 54.2 Å². The molecule has 7 heteroatoms. The number of hydrogen-bond donors (Lipinski definition) is 0. The smallest absolute Gasteiger partial charge is 0.243 e. The van der Waals surface area contributed by atoms with E-state index in [0.717, 1.165) is 22.5 Å². The van der Waals surface area contributed by atoms with Crippen LogP contribution in [-0.4, -0.2) is 29.0 Å². The summed E-state index contributed by atoms with van der Waals surface area (Å²) in [5, 5.41) is 4.65. The Hall–Kier alpha value is -2.48. The molecule has 3 aromatic rings. The summed E-state index contributed by atoms with van der Waals surface area (Å²) in [5.41, 5.74) is 5.26. The lowest BCUT2D eigenvalue weighted by Gasteiger charge is -2.27. The Kier molecular flexibility index (Phi) is 6.86. The van der Waals surface area contributed by atoms with Crippen molar-refractivity contribution in [3.05, 3.63) is 82.7 Å². The molecule has 34 heavy (non-hydrogen) atoms. The Labute approximate surface area is 202 Å². The van der Waals surface area contributed by atoms with E-state index in [1.54, 1.807) is 16.4 Å². The Balaban J connectivity index is 1.29. The molecule has 0 atom stereocenters. The van der Waals surface area contributed by atoms with Gasteiger partial charge in [-0.05, 0) is 42.0 Å². The highest BCUT2D eigenvalue weighted by Gasteiger charge is 2.32. The fourth-order valence-electron chi connectivity index (χ4n) is 5.30. The first-order chi connectivity index (χ1) is 16.5. The number of hydrogen-bond acceptors (Lipinski definition) is 4. The Morgan fingerprint density at radius 2 is 1.71 bits per heavy atom. The van der Waals surface area contributed by atoms with Crippen LogP contribution in [0.4, 0.5) is 0 Å². The second-order valence-corrected chi connectivity index (χ2v) is 11.4. The molecule has 0 unspecified atom stereocenters. The summed E-state index contributed by atoms with van der Waals surface area (Å²) in [7, 11) is -1.64. The first kappa shape index (κ1) is 23.3. The van der Waals surface area contributed by atoms with Crippen LogP contribution in [0.3, 0.4) is 0 Å². The van der Waals surface area contributed by atoms with Gasteiger partial charge >= 0.3 is 0 Å². The summed E-state index contributed by atoms with van der Waals surface area (Å²) >= 11 is 0. The van der Waals surface area contributed by atoms with Gasteiger partial charge in [0.2, 0.25) is 10.0 Å². The molecule has 1 fully saturated rings.